The van der Waals surface area contributed by atoms with Crippen molar-refractivity contribution in [3.63, 3.8) is 0 Å². The van der Waals surface area contributed by atoms with Crippen LogP contribution < -0.4 is 0 Å². The molecular formula is C6H10O2S. The van der Waals surface area contributed by atoms with E-state index in [4.69, 9.17) is 10.2 Å². The minimum atomic E-state index is -0.396. The van der Waals surface area contributed by atoms with Gasteiger partial charge in [-0.15, -0.1) is 11.8 Å². The van der Waals surface area contributed by atoms with E-state index in [0.29, 0.717) is 5.75 Å². The predicted molar refractivity (Wildman–Crippen MR) is 38.5 cm³/mol. The number of aliphatic hydroxyl groups is 2. The third kappa shape index (κ3) is 1.28. The molecule has 2 nitrogen and oxygen atoms in total. The average molecular weight is 146 g/mol. The summed E-state index contributed by atoms with van der Waals surface area (Å²) in [5.41, 5.74) is 0.766. The Balaban J connectivity index is 2.51. The van der Waals surface area contributed by atoms with Gasteiger partial charge < -0.3 is 10.2 Å². The summed E-state index contributed by atoms with van der Waals surface area (Å²) < 4.78 is 0. The molecular weight excluding hydrogens is 136 g/mol. The molecule has 1 saturated heterocycles. The van der Waals surface area contributed by atoms with Gasteiger partial charge in [-0.2, -0.15) is 0 Å². The maximum absolute atomic E-state index is 9.07. The van der Waals surface area contributed by atoms with Crippen molar-refractivity contribution in [1.29, 1.82) is 0 Å². The lowest BCUT2D eigenvalue weighted by Crippen LogP contribution is -2.12. The Kier molecular flexibility index (Phi) is 2.16. The summed E-state index contributed by atoms with van der Waals surface area (Å²) in [5.74, 6) is 0.685. The zero-order valence-corrected chi connectivity index (χ0v) is 5.90. The molecule has 0 spiro atoms. The highest BCUT2D eigenvalue weighted by atomic mass is 32.2. The summed E-state index contributed by atoms with van der Waals surface area (Å²) in [5, 5.41) is 17.8. The molecule has 2 N–H and O–H groups in total. The lowest BCUT2D eigenvalue weighted by Gasteiger charge is -2.05. The summed E-state index contributed by atoms with van der Waals surface area (Å²) in [6.07, 6.45) is -0.396. The summed E-state index contributed by atoms with van der Waals surface area (Å²) in [6.45, 7) is 3.75. The van der Waals surface area contributed by atoms with E-state index in [9.17, 15) is 0 Å². The van der Waals surface area contributed by atoms with Gasteiger partial charge in [-0.25, -0.2) is 0 Å². The molecule has 0 unspecified atom stereocenters. The minimum Gasteiger partial charge on any atom is -0.395 e. The van der Waals surface area contributed by atoms with E-state index in [1.54, 1.807) is 11.8 Å². The van der Waals surface area contributed by atoms with Gasteiger partial charge in [0.25, 0.3) is 0 Å². The van der Waals surface area contributed by atoms with Gasteiger partial charge in [0, 0.05) is 5.75 Å². The fourth-order valence-electron chi connectivity index (χ4n) is 0.806. The number of hydrogen-bond acceptors (Lipinski definition) is 3. The van der Waals surface area contributed by atoms with E-state index in [1.165, 1.54) is 0 Å². The van der Waals surface area contributed by atoms with Crippen LogP contribution in [0, 0.1) is 0 Å². The quantitative estimate of drug-likeness (QED) is 0.512. The third-order valence-electron chi connectivity index (χ3n) is 1.46. The van der Waals surface area contributed by atoms with Crippen LogP contribution in [0.25, 0.3) is 0 Å². The Labute approximate surface area is 58.6 Å². The highest BCUT2D eigenvalue weighted by Crippen LogP contribution is 2.29. The molecule has 52 valence electrons. The molecule has 0 radical (unpaired) electrons. The fourth-order valence-corrected chi connectivity index (χ4v) is 1.91. The van der Waals surface area contributed by atoms with Crippen LogP contribution in [-0.4, -0.2) is 33.9 Å². The molecule has 1 fully saturated rings. The second-order valence-corrected chi connectivity index (χ2v) is 3.33. The summed E-state index contributed by atoms with van der Waals surface area (Å²) >= 11 is 1.56. The van der Waals surface area contributed by atoms with Crippen molar-refractivity contribution in [2.75, 3.05) is 12.4 Å². The van der Waals surface area contributed by atoms with Crippen molar-refractivity contribution in [1.82, 2.24) is 0 Å². The maximum atomic E-state index is 9.07. The van der Waals surface area contributed by atoms with Crippen molar-refractivity contribution in [2.24, 2.45) is 0 Å². The van der Waals surface area contributed by atoms with E-state index < -0.39 is 6.10 Å². The topological polar surface area (TPSA) is 40.5 Å². The Bertz CT molecular complexity index is 124. The second-order valence-electron chi connectivity index (χ2n) is 2.10. The van der Waals surface area contributed by atoms with Gasteiger partial charge in [0.05, 0.1) is 18.0 Å². The molecule has 0 aliphatic carbocycles. The number of thioether (sulfide) groups is 1. The smallest absolute Gasteiger partial charge is 0.0849 e. The molecule has 0 bridgehead atoms. The minimum absolute atomic E-state index is 0.0694. The number of hydrogen-bond donors (Lipinski definition) is 2. The molecule has 0 aromatic rings. The molecule has 1 heterocycles. The first-order valence-corrected chi connectivity index (χ1v) is 3.89. The SMILES string of the molecule is C=C1[C@H](O)CS[C@@H]1CO. The molecule has 2 atom stereocenters. The Hall–Kier alpha value is 0.01000. The van der Waals surface area contributed by atoms with Crippen LogP contribution in [0.2, 0.25) is 0 Å². The van der Waals surface area contributed by atoms with E-state index in [-0.39, 0.29) is 11.9 Å². The average Bonchev–Trinajstić information content (AvgIpc) is 2.15. The zero-order valence-electron chi connectivity index (χ0n) is 5.08. The first-order chi connectivity index (χ1) is 4.25. The monoisotopic (exact) mass is 146 g/mol. The van der Waals surface area contributed by atoms with Crippen LogP contribution in [0.4, 0.5) is 0 Å². The van der Waals surface area contributed by atoms with Crippen LogP contribution in [-0.2, 0) is 0 Å². The Morgan fingerprint density at radius 3 is 2.67 bits per heavy atom. The lowest BCUT2D eigenvalue weighted by atomic mass is 10.1. The molecule has 9 heavy (non-hydrogen) atoms. The third-order valence-corrected chi connectivity index (χ3v) is 2.83. The Morgan fingerprint density at radius 2 is 2.44 bits per heavy atom. The zero-order chi connectivity index (χ0) is 6.85. The van der Waals surface area contributed by atoms with E-state index in [1.807, 2.05) is 0 Å². The van der Waals surface area contributed by atoms with Crippen LogP contribution in [0.15, 0.2) is 12.2 Å². The predicted octanol–water partition coefficient (Wildman–Crippen LogP) is 0.0112. The van der Waals surface area contributed by atoms with Gasteiger partial charge in [-0.05, 0) is 5.57 Å². The lowest BCUT2D eigenvalue weighted by molar-refractivity contribution is 0.230. The van der Waals surface area contributed by atoms with Gasteiger partial charge in [0.15, 0.2) is 0 Å². The van der Waals surface area contributed by atoms with Crippen molar-refractivity contribution in [3.8, 4) is 0 Å². The molecule has 1 rings (SSSR count). The van der Waals surface area contributed by atoms with Crippen LogP contribution >= 0.6 is 11.8 Å². The molecule has 3 heteroatoms. The standard InChI is InChI=1S/C6H10O2S/c1-4-5(8)3-9-6(4)2-7/h5-8H,1-3H2/t5-,6-/m1/s1. The van der Waals surface area contributed by atoms with Gasteiger partial charge in [-0.1, -0.05) is 6.58 Å². The highest BCUT2D eigenvalue weighted by molar-refractivity contribution is 8.00. The summed E-state index contributed by atoms with van der Waals surface area (Å²) in [4.78, 5) is 0. The molecule has 0 aromatic heterocycles. The largest absolute Gasteiger partial charge is 0.395 e. The molecule has 1 aliphatic heterocycles. The van der Waals surface area contributed by atoms with Gasteiger partial charge >= 0.3 is 0 Å². The fraction of sp³-hybridized carbons (Fsp3) is 0.667. The van der Waals surface area contributed by atoms with E-state index >= 15 is 0 Å². The first-order valence-electron chi connectivity index (χ1n) is 2.85. The van der Waals surface area contributed by atoms with Crippen LogP contribution in [0.5, 0.6) is 0 Å². The highest BCUT2D eigenvalue weighted by Gasteiger charge is 2.26. The van der Waals surface area contributed by atoms with Crippen molar-refractivity contribution >= 4 is 11.8 Å². The molecule has 1 aliphatic rings. The van der Waals surface area contributed by atoms with E-state index in [0.717, 1.165) is 5.57 Å². The Morgan fingerprint density at radius 1 is 1.78 bits per heavy atom. The molecule has 0 saturated carbocycles. The van der Waals surface area contributed by atoms with Crippen molar-refractivity contribution in [3.05, 3.63) is 12.2 Å². The van der Waals surface area contributed by atoms with E-state index in [2.05, 4.69) is 6.58 Å². The maximum Gasteiger partial charge on any atom is 0.0849 e. The van der Waals surface area contributed by atoms with Gasteiger partial charge in [0.2, 0.25) is 0 Å². The normalized spacial score (nSPS) is 35.6. The van der Waals surface area contributed by atoms with Crippen molar-refractivity contribution in [2.45, 2.75) is 11.4 Å². The molecule has 0 amide bonds. The summed E-state index contributed by atoms with van der Waals surface area (Å²) in [6, 6.07) is 0. The van der Waals surface area contributed by atoms with Crippen LogP contribution in [0.1, 0.15) is 0 Å². The number of aliphatic hydroxyl groups excluding tert-OH is 2. The van der Waals surface area contributed by atoms with Crippen LogP contribution in [0.3, 0.4) is 0 Å². The van der Waals surface area contributed by atoms with Gasteiger partial charge in [-0.3, -0.25) is 0 Å². The number of rotatable bonds is 1. The second kappa shape index (κ2) is 2.73. The van der Waals surface area contributed by atoms with Crippen molar-refractivity contribution < 1.29 is 10.2 Å². The van der Waals surface area contributed by atoms with Gasteiger partial charge in [0.1, 0.15) is 0 Å². The first kappa shape index (κ1) is 7.12. The molecule has 0 aromatic carbocycles. The summed E-state index contributed by atoms with van der Waals surface area (Å²) in [7, 11) is 0.